The normalized spacial score (nSPS) is 10.1. The fourth-order valence-electron chi connectivity index (χ4n) is 1.37. The van der Waals surface area contributed by atoms with Crippen LogP contribution in [0, 0.1) is 13.8 Å². The van der Waals surface area contributed by atoms with Crippen molar-refractivity contribution >= 4 is 5.97 Å². The molecule has 0 aliphatic carbocycles. The molecule has 0 saturated heterocycles. The van der Waals surface area contributed by atoms with Crippen LogP contribution in [0.5, 0.6) is 5.75 Å². The van der Waals surface area contributed by atoms with Gasteiger partial charge in [-0.3, -0.25) is 4.79 Å². The summed E-state index contributed by atoms with van der Waals surface area (Å²) >= 11 is 0. The van der Waals surface area contributed by atoms with Crippen LogP contribution in [0.25, 0.3) is 0 Å². The Morgan fingerprint density at radius 3 is 2.50 bits per heavy atom. The number of rotatable bonds is 3. The summed E-state index contributed by atoms with van der Waals surface area (Å²) in [6.45, 7) is 3.68. The van der Waals surface area contributed by atoms with E-state index in [1.807, 2.05) is 13.0 Å². The quantitative estimate of drug-likeness (QED) is 0.774. The summed E-state index contributed by atoms with van der Waals surface area (Å²) < 4.78 is 0. The zero-order valence-corrected chi connectivity index (χ0v) is 8.37. The minimum atomic E-state index is -0.796. The molecule has 1 aromatic carbocycles. The lowest BCUT2D eigenvalue weighted by Gasteiger charge is -2.07. The van der Waals surface area contributed by atoms with E-state index in [1.54, 1.807) is 13.0 Å². The van der Waals surface area contributed by atoms with Crippen molar-refractivity contribution in [3.05, 3.63) is 28.8 Å². The Hall–Kier alpha value is -1.51. The molecule has 0 heterocycles. The summed E-state index contributed by atoms with van der Waals surface area (Å²) in [7, 11) is 0. The number of carboxylic acid groups (broad SMARTS) is 1. The first-order valence-electron chi connectivity index (χ1n) is 4.51. The Morgan fingerprint density at radius 1 is 1.29 bits per heavy atom. The summed E-state index contributed by atoms with van der Waals surface area (Å²) in [6, 6.07) is 3.51. The maximum atomic E-state index is 10.4. The number of carboxylic acids is 1. The summed E-state index contributed by atoms with van der Waals surface area (Å²) in [5, 5.41) is 17.9. The second-order valence-electron chi connectivity index (χ2n) is 3.46. The Labute approximate surface area is 83.0 Å². The van der Waals surface area contributed by atoms with E-state index in [9.17, 15) is 9.90 Å². The molecule has 0 spiro atoms. The second-order valence-corrected chi connectivity index (χ2v) is 3.46. The van der Waals surface area contributed by atoms with E-state index in [4.69, 9.17) is 5.11 Å². The molecule has 0 saturated carbocycles. The van der Waals surface area contributed by atoms with Gasteiger partial charge in [-0.15, -0.1) is 0 Å². The largest absolute Gasteiger partial charge is 0.508 e. The van der Waals surface area contributed by atoms with E-state index in [-0.39, 0.29) is 12.2 Å². The van der Waals surface area contributed by atoms with Crippen LogP contribution in [-0.4, -0.2) is 16.2 Å². The van der Waals surface area contributed by atoms with Gasteiger partial charge in [0.25, 0.3) is 0 Å². The van der Waals surface area contributed by atoms with Crippen molar-refractivity contribution < 1.29 is 15.0 Å². The highest BCUT2D eigenvalue weighted by atomic mass is 16.4. The number of hydrogen-bond acceptors (Lipinski definition) is 2. The van der Waals surface area contributed by atoms with Crippen LogP contribution in [0.2, 0.25) is 0 Å². The first-order valence-corrected chi connectivity index (χ1v) is 4.51. The van der Waals surface area contributed by atoms with Crippen molar-refractivity contribution in [1.29, 1.82) is 0 Å². The van der Waals surface area contributed by atoms with Crippen molar-refractivity contribution in [2.75, 3.05) is 0 Å². The third kappa shape index (κ3) is 2.49. The monoisotopic (exact) mass is 194 g/mol. The van der Waals surface area contributed by atoms with E-state index >= 15 is 0 Å². The number of benzene rings is 1. The van der Waals surface area contributed by atoms with Gasteiger partial charge in [0.05, 0.1) is 0 Å². The van der Waals surface area contributed by atoms with Crippen molar-refractivity contribution in [1.82, 2.24) is 0 Å². The Morgan fingerprint density at radius 2 is 1.93 bits per heavy atom. The first-order chi connectivity index (χ1) is 6.50. The SMILES string of the molecule is Cc1cc(CCC(=O)O)c(C)cc1O. The molecule has 0 radical (unpaired) electrons. The maximum Gasteiger partial charge on any atom is 0.303 e. The number of hydrogen-bond donors (Lipinski definition) is 2. The van der Waals surface area contributed by atoms with Crippen molar-refractivity contribution in [2.24, 2.45) is 0 Å². The summed E-state index contributed by atoms with van der Waals surface area (Å²) in [4.78, 5) is 10.4. The second kappa shape index (κ2) is 4.13. The lowest BCUT2D eigenvalue weighted by molar-refractivity contribution is -0.136. The fourth-order valence-corrected chi connectivity index (χ4v) is 1.37. The predicted octanol–water partition coefficient (Wildman–Crippen LogP) is 2.03. The molecule has 76 valence electrons. The smallest absolute Gasteiger partial charge is 0.303 e. The molecule has 3 nitrogen and oxygen atoms in total. The number of phenolic OH excluding ortho intramolecular Hbond substituents is 1. The molecule has 1 rings (SSSR count). The molecule has 2 N–H and O–H groups in total. The van der Waals surface area contributed by atoms with E-state index < -0.39 is 5.97 Å². The van der Waals surface area contributed by atoms with Gasteiger partial charge in [0.2, 0.25) is 0 Å². The maximum absolute atomic E-state index is 10.4. The van der Waals surface area contributed by atoms with Gasteiger partial charge >= 0.3 is 5.97 Å². The molecule has 1 aromatic rings. The first kappa shape index (κ1) is 10.6. The van der Waals surface area contributed by atoms with E-state index in [1.165, 1.54) is 0 Å². The fraction of sp³-hybridized carbons (Fsp3) is 0.364. The van der Waals surface area contributed by atoms with Crippen molar-refractivity contribution in [3.63, 3.8) is 0 Å². The van der Waals surface area contributed by atoms with Gasteiger partial charge < -0.3 is 10.2 Å². The van der Waals surface area contributed by atoms with E-state index in [0.717, 1.165) is 16.7 Å². The van der Waals surface area contributed by atoms with E-state index in [2.05, 4.69) is 0 Å². The zero-order valence-electron chi connectivity index (χ0n) is 8.37. The number of aliphatic carboxylic acids is 1. The molecule has 0 amide bonds. The van der Waals surface area contributed by atoms with Gasteiger partial charge in [-0.1, -0.05) is 6.07 Å². The lowest BCUT2D eigenvalue weighted by Crippen LogP contribution is -1.99. The van der Waals surface area contributed by atoms with Crippen LogP contribution in [0.3, 0.4) is 0 Å². The number of carbonyl (C=O) groups is 1. The van der Waals surface area contributed by atoms with Gasteiger partial charge in [0.15, 0.2) is 0 Å². The molecule has 0 unspecified atom stereocenters. The number of aryl methyl sites for hydroxylation is 3. The molecule has 0 atom stereocenters. The highest BCUT2D eigenvalue weighted by Crippen LogP contribution is 2.22. The molecular weight excluding hydrogens is 180 g/mol. The average molecular weight is 194 g/mol. The van der Waals surface area contributed by atoms with Crippen LogP contribution in [0.15, 0.2) is 12.1 Å². The minimum absolute atomic E-state index is 0.130. The molecular formula is C11H14O3. The molecule has 0 aliphatic rings. The standard InChI is InChI=1S/C11H14O3/c1-7-6-10(12)8(2)5-9(7)3-4-11(13)14/h5-6,12H,3-4H2,1-2H3,(H,13,14). The number of aromatic hydroxyl groups is 1. The van der Waals surface area contributed by atoms with Crippen LogP contribution < -0.4 is 0 Å². The molecule has 3 heteroatoms. The molecule has 0 fully saturated rings. The Bertz CT molecular complexity index is 356. The van der Waals surface area contributed by atoms with Gasteiger partial charge in [-0.05, 0) is 43.0 Å². The predicted molar refractivity (Wildman–Crippen MR) is 53.5 cm³/mol. The minimum Gasteiger partial charge on any atom is -0.508 e. The molecule has 0 bridgehead atoms. The third-order valence-corrected chi connectivity index (χ3v) is 2.26. The molecule has 0 aromatic heterocycles. The topological polar surface area (TPSA) is 57.5 Å². The Kier molecular flexibility index (Phi) is 3.12. The van der Waals surface area contributed by atoms with E-state index in [0.29, 0.717) is 6.42 Å². The van der Waals surface area contributed by atoms with Gasteiger partial charge in [0, 0.05) is 6.42 Å². The highest BCUT2D eigenvalue weighted by molar-refractivity contribution is 5.67. The summed E-state index contributed by atoms with van der Waals surface area (Å²) in [5.41, 5.74) is 2.72. The van der Waals surface area contributed by atoms with Gasteiger partial charge in [0.1, 0.15) is 5.75 Å². The van der Waals surface area contributed by atoms with Crippen LogP contribution >= 0.6 is 0 Å². The highest BCUT2D eigenvalue weighted by Gasteiger charge is 2.05. The van der Waals surface area contributed by atoms with Crippen LogP contribution in [0.4, 0.5) is 0 Å². The summed E-state index contributed by atoms with van der Waals surface area (Å²) in [5.74, 6) is -0.531. The average Bonchev–Trinajstić information content (AvgIpc) is 2.09. The molecule has 0 aliphatic heterocycles. The van der Waals surface area contributed by atoms with Gasteiger partial charge in [-0.2, -0.15) is 0 Å². The van der Waals surface area contributed by atoms with Crippen molar-refractivity contribution in [3.8, 4) is 5.75 Å². The lowest BCUT2D eigenvalue weighted by atomic mass is 10.0. The third-order valence-electron chi connectivity index (χ3n) is 2.26. The Balaban J connectivity index is 2.87. The van der Waals surface area contributed by atoms with Crippen LogP contribution in [0.1, 0.15) is 23.1 Å². The number of phenols is 1. The van der Waals surface area contributed by atoms with Crippen molar-refractivity contribution in [2.45, 2.75) is 26.7 Å². The summed E-state index contributed by atoms with van der Waals surface area (Å²) in [6.07, 6.45) is 0.646. The van der Waals surface area contributed by atoms with Gasteiger partial charge in [-0.25, -0.2) is 0 Å². The molecule has 14 heavy (non-hydrogen) atoms. The van der Waals surface area contributed by atoms with Crippen LogP contribution in [-0.2, 0) is 11.2 Å². The zero-order chi connectivity index (χ0) is 10.7.